The molecule has 6 nitrogen and oxygen atoms in total. The lowest BCUT2D eigenvalue weighted by Gasteiger charge is -2.09. The molecule has 0 aliphatic rings. The van der Waals surface area contributed by atoms with Gasteiger partial charge in [0.25, 0.3) is 5.91 Å². The Hall–Kier alpha value is -3.23. The van der Waals surface area contributed by atoms with Crippen LogP contribution in [0.15, 0.2) is 48.9 Å². The molecule has 3 rings (SSSR count). The lowest BCUT2D eigenvalue weighted by atomic mass is 10.1. The van der Waals surface area contributed by atoms with Crippen molar-refractivity contribution in [1.29, 1.82) is 0 Å². The van der Waals surface area contributed by atoms with Crippen LogP contribution >= 0.6 is 0 Å². The molecule has 134 valence electrons. The highest BCUT2D eigenvalue weighted by Crippen LogP contribution is 2.28. The Morgan fingerprint density at radius 2 is 2.04 bits per heavy atom. The predicted molar refractivity (Wildman–Crippen MR) is 87.5 cm³/mol. The molecular formula is C17H14F3N5O. The molecule has 3 heterocycles. The average molecular weight is 361 g/mol. The third kappa shape index (κ3) is 4.05. The number of halogens is 3. The number of carbonyl (C=O) groups excluding carboxylic acids is 1. The fourth-order valence-electron chi connectivity index (χ4n) is 2.34. The standard InChI is InChI=1S/C17H14F3N5O/c1-11-13(4-5-14(22-11)17(18,19)20)16(26)23-15-6-8-25(24-15)10-12-3-2-7-21-9-12/h2-9H,10H2,1H3,(H,23,24,26). The Labute approximate surface area is 146 Å². The van der Waals surface area contributed by atoms with Gasteiger partial charge in [0.2, 0.25) is 0 Å². The molecule has 0 bridgehead atoms. The van der Waals surface area contributed by atoms with Gasteiger partial charge >= 0.3 is 6.18 Å². The molecule has 26 heavy (non-hydrogen) atoms. The first-order valence-electron chi connectivity index (χ1n) is 7.61. The van der Waals surface area contributed by atoms with E-state index in [0.29, 0.717) is 6.54 Å². The molecule has 1 N–H and O–H groups in total. The van der Waals surface area contributed by atoms with Crippen molar-refractivity contribution in [2.75, 3.05) is 5.32 Å². The molecule has 0 unspecified atom stereocenters. The topological polar surface area (TPSA) is 72.7 Å². The van der Waals surface area contributed by atoms with E-state index in [0.717, 1.165) is 17.7 Å². The van der Waals surface area contributed by atoms with Crippen LogP contribution in [0.4, 0.5) is 19.0 Å². The van der Waals surface area contributed by atoms with Gasteiger partial charge in [-0.1, -0.05) is 6.07 Å². The Bertz CT molecular complexity index is 922. The van der Waals surface area contributed by atoms with Crippen LogP contribution in [0.2, 0.25) is 0 Å². The van der Waals surface area contributed by atoms with Crippen molar-refractivity contribution in [3.05, 3.63) is 71.4 Å². The fraction of sp³-hybridized carbons (Fsp3) is 0.176. The van der Waals surface area contributed by atoms with Gasteiger partial charge in [0, 0.05) is 24.7 Å². The third-order valence-electron chi connectivity index (χ3n) is 3.57. The SMILES string of the molecule is Cc1nc(C(F)(F)F)ccc1C(=O)Nc1ccn(Cc2cccnc2)n1. The van der Waals surface area contributed by atoms with Gasteiger partial charge in [-0.2, -0.15) is 18.3 Å². The van der Waals surface area contributed by atoms with E-state index in [2.05, 4.69) is 20.4 Å². The number of nitrogens with zero attached hydrogens (tertiary/aromatic N) is 4. The molecule has 0 fully saturated rings. The molecule has 0 spiro atoms. The van der Waals surface area contributed by atoms with Crippen LogP contribution in [0.25, 0.3) is 0 Å². The molecular weight excluding hydrogens is 347 g/mol. The molecule has 0 aliphatic carbocycles. The summed E-state index contributed by atoms with van der Waals surface area (Å²) in [4.78, 5) is 19.7. The van der Waals surface area contributed by atoms with Gasteiger partial charge in [-0.15, -0.1) is 0 Å². The molecule has 0 aromatic carbocycles. The minimum atomic E-state index is -4.55. The van der Waals surface area contributed by atoms with Crippen molar-refractivity contribution < 1.29 is 18.0 Å². The molecule has 0 aliphatic heterocycles. The van der Waals surface area contributed by atoms with Crippen LogP contribution in [0, 0.1) is 6.92 Å². The van der Waals surface area contributed by atoms with Gasteiger partial charge in [-0.25, -0.2) is 4.98 Å². The maximum atomic E-state index is 12.6. The number of amides is 1. The van der Waals surface area contributed by atoms with Crippen LogP contribution in [0.3, 0.4) is 0 Å². The Kier molecular flexibility index (Phi) is 4.70. The van der Waals surface area contributed by atoms with E-state index < -0.39 is 17.8 Å². The zero-order chi connectivity index (χ0) is 18.7. The summed E-state index contributed by atoms with van der Waals surface area (Å²) in [5, 5.41) is 6.77. The molecule has 3 aromatic heterocycles. The molecule has 0 saturated carbocycles. The second-order valence-corrected chi connectivity index (χ2v) is 5.54. The largest absolute Gasteiger partial charge is 0.433 e. The van der Waals surface area contributed by atoms with Crippen molar-refractivity contribution in [2.24, 2.45) is 0 Å². The zero-order valence-electron chi connectivity index (χ0n) is 13.7. The molecule has 0 atom stereocenters. The minimum absolute atomic E-state index is 0.00730. The van der Waals surface area contributed by atoms with Crippen molar-refractivity contribution in [1.82, 2.24) is 19.7 Å². The van der Waals surface area contributed by atoms with E-state index in [-0.39, 0.29) is 17.1 Å². The number of carbonyl (C=O) groups is 1. The summed E-state index contributed by atoms with van der Waals surface area (Å²) >= 11 is 0. The molecule has 0 radical (unpaired) electrons. The van der Waals surface area contributed by atoms with Gasteiger partial charge < -0.3 is 5.32 Å². The van der Waals surface area contributed by atoms with Gasteiger partial charge in [0.05, 0.1) is 17.8 Å². The Morgan fingerprint density at radius 1 is 1.23 bits per heavy atom. The Balaban J connectivity index is 1.71. The lowest BCUT2D eigenvalue weighted by Crippen LogP contribution is -2.17. The molecule has 3 aromatic rings. The van der Waals surface area contributed by atoms with E-state index in [1.807, 2.05) is 12.1 Å². The second-order valence-electron chi connectivity index (χ2n) is 5.54. The first kappa shape index (κ1) is 17.6. The summed E-state index contributed by atoms with van der Waals surface area (Å²) in [6.07, 6.45) is 0.501. The highest BCUT2D eigenvalue weighted by Gasteiger charge is 2.33. The monoisotopic (exact) mass is 361 g/mol. The van der Waals surface area contributed by atoms with E-state index >= 15 is 0 Å². The summed E-state index contributed by atoms with van der Waals surface area (Å²) in [5.74, 6) is -0.284. The predicted octanol–water partition coefficient (Wildman–Crippen LogP) is 3.30. The minimum Gasteiger partial charge on any atom is -0.305 e. The number of aryl methyl sites for hydroxylation is 1. The van der Waals surface area contributed by atoms with E-state index in [9.17, 15) is 18.0 Å². The maximum absolute atomic E-state index is 12.6. The van der Waals surface area contributed by atoms with E-state index in [1.54, 1.807) is 29.3 Å². The fourth-order valence-corrected chi connectivity index (χ4v) is 2.34. The first-order valence-corrected chi connectivity index (χ1v) is 7.61. The summed E-state index contributed by atoms with van der Waals surface area (Å²) < 4.78 is 39.6. The summed E-state index contributed by atoms with van der Waals surface area (Å²) in [7, 11) is 0. The quantitative estimate of drug-likeness (QED) is 0.774. The van der Waals surface area contributed by atoms with Crippen LogP contribution < -0.4 is 5.32 Å². The van der Waals surface area contributed by atoms with Gasteiger partial charge in [-0.05, 0) is 30.7 Å². The number of pyridine rings is 2. The van der Waals surface area contributed by atoms with Crippen LogP contribution in [0.5, 0.6) is 0 Å². The van der Waals surface area contributed by atoms with Gasteiger partial charge in [0.1, 0.15) is 5.69 Å². The highest BCUT2D eigenvalue weighted by molar-refractivity contribution is 6.04. The highest BCUT2D eigenvalue weighted by atomic mass is 19.4. The average Bonchev–Trinajstić information content (AvgIpc) is 3.01. The van der Waals surface area contributed by atoms with Crippen molar-refractivity contribution >= 4 is 11.7 Å². The number of nitrogens with one attached hydrogen (secondary N) is 1. The van der Waals surface area contributed by atoms with Crippen LogP contribution in [-0.2, 0) is 12.7 Å². The van der Waals surface area contributed by atoms with Crippen molar-refractivity contribution in [3.63, 3.8) is 0 Å². The van der Waals surface area contributed by atoms with E-state index in [1.165, 1.54) is 6.92 Å². The summed E-state index contributed by atoms with van der Waals surface area (Å²) in [6.45, 7) is 1.83. The Morgan fingerprint density at radius 3 is 2.69 bits per heavy atom. The number of aromatic nitrogens is 4. The van der Waals surface area contributed by atoms with Crippen LogP contribution in [0.1, 0.15) is 27.3 Å². The summed E-state index contributed by atoms with van der Waals surface area (Å²) in [6, 6.07) is 7.18. The smallest absolute Gasteiger partial charge is 0.305 e. The number of rotatable bonds is 4. The number of hydrogen-bond acceptors (Lipinski definition) is 4. The molecule has 0 saturated heterocycles. The number of hydrogen-bond donors (Lipinski definition) is 1. The van der Waals surface area contributed by atoms with Gasteiger partial charge in [0.15, 0.2) is 5.82 Å². The second kappa shape index (κ2) is 6.95. The van der Waals surface area contributed by atoms with Crippen LogP contribution in [-0.4, -0.2) is 25.7 Å². The van der Waals surface area contributed by atoms with Crippen molar-refractivity contribution in [2.45, 2.75) is 19.6 Å². The lowest BCUT2D eigenvalue weighted by molar-refractivity contribution is -0.141. The summed E-state index contributed by atoms with van der Waals surface area (Å²) in [5.41, 5.74) is -0.0458. The van der Waals surface area contributed by atoms with Gasteiger partial charge in [-0.3, -0.25) is 14.5 Å². The van der Waals surface area contributed by atoms with E-state index in [4.69, 9.17) is 0 Å². The van der Waals surface area contributed by atoms with Crippen molar-refractivity contribution in [3.8, 4) is 0 Å². The zero-order valence-corrected chi connectivity index (χ0v) is 13.7. The number of alkyl halides is 3. The molecule has 1 amide bonds. The normalized spacial score (nSPS) is 11.4. The maximum Gasteiger partial charge on any atom is 0.433 e. The number of anilines is 1. The molecule has 9 heteroatoms. The first-order chi connectivity index (χ1) is 12.3. The third-order valence-corrected chi connectivity index (χ3v) is 3.57.